The summed E-state index contributed by atoms with van der Waals surface area (Å²) in [5.41, 5.74) is -6.19. The number of rotatable bonds is 14. The maximum absolute atomic E-state index is 12.8. The molecule has 0 spiro atoms. The highest BCUT2D eigenvalue weighted by atomic mass is 16.8. The Morgan fingerprint density at radius 3 is 2.14 bits per heavy atom. The Morgan fingerprint density at radius 1 is 1.02 bits per heavy atom. The van der Waals surface area contributed by atoms with Crippen LogP contribution >= 0.6 is 0 Å². The van der Waals surface area contributed by atoms with Gasteiger partial charge in [-0.3, -0.25) is 9.59 Å². The van der Waals surface area contributed by atoms with Crippen molar-refractivity contribution in [2.75, 3.05) is 0 Å². The van der Waals surface area contributed by atoms with Crippen LogP contribution in [0.3, 0.4) is 0 Å². The largest absolute Gasteiger partial charge is 0.479 e. The van der Waals surface area contributed by atoms with Crippen molar-refractivity contribution < 1.29 is 68.5 Å². The Bertz CT molecular complexity index is 1290. The van der Waals surface area contributed by atoms with Crippen molar-refractivity contribution >= 4 is 29.8 Å². The summed E-state index contributed by atoms with van der Waals surface area (Å²) in [5.74, 6) is -11.6. The number of benzene rings is 1. The van der Waals surface area contributed by atoms with Crippen LogP contribution < -0.4 is 0 Å². The number of aliphatic carboxylic acids is 3. The van der Waals surface area contributed by atoms with Gasteiger partial charge in [0.2, 0.25) is 23.1 Å². The lowest BCUT2D eigenvalue weighted by Gasteiger charge is -2.48. The van der Waals surface area contributed by atoms with Crippen LogP contribution in [0.1, 0.15) is 52.5 Å². The van der Waals surface area contributed by atoms with Crippen LogP contribution in [-0.4, -0.2) is 96.8 Å². The fourth-order valence-corrected chi connectivity index (χ4v) is 5.82. The van der Waals surface area contributed by atoms with E-state index in [1.807, 2.05) is 30.3 Å². The van der Waals surface area contributed by atoms with Crippen LogP contribution in [0.5, 0.6) is 0 Å². The number of carboxylic acid groups (broad SMARTS) is 3. The average Bonchev–Trinajstić information content (AvgIpc) is 3.14. The molecule has 0 aliphatic carbocycles. The SMILES string of the molecule is C=C(CC[C@@]12O[C@H](C(=O)O)[C@@](O)(C(=O)O)[C@@](C(=O)O)(O1)[C@H](OC(=O)CC(C)C)[C@H]2O)C(OC(C)=O)C(C)Cc1ccccc1. The van der Waals surface area contributed by atoms with E-state index < -0.39 is 77.7 Å². The second kappa shape index (κ2) is 13.0. The van der Waals surface area contributed by atoms with Crippen LogP contribution in [0.2, 0.25) is 0 Å². The minimum Gasteiger partial charge on any atom is -0.479 e. The van der Waals surface area contributed by atoms with Gasteiger partial charge in [0.25, 0.3) is 0 Å². The standard InChI is InChI=1S/C30H38O14/c1-15(2)13-20(32)42-23-22(33)28(43-24(25(34)35)29(40,26(36)37)30(23,44-28)27(38)39)12-11-16(3)21(41-18(5)31)17(4)14-19-9-7-6-8-10-19/h6-10,15,17,21-24,33,40H,3,11-14H2,1-2,4-5H3,(H,34,35)(H,36,37)(H,38,39)/t17?,21?,22-,23-,24-,28-,29-,30-/m1/s1. The summed E-state index contributed by atoms with van der Waals surface area (Å²) in [7, 11) is 0. The van der Waals surface area contributed by atoms with Gasteiger partial charge in [-0.25, -0.2) is 14.4 Å². The lowest BCUT2D eigenvalue weighted by Crippen LogP contribution is -2.78. The molecule has 14 nitrogen and oxygen atoms in total. The molecule has 0 radical (unpaired) electrons. The molecule has 14 heteroatoms. The normalized spacial score (nSPS) is 30.7. The summed E-state index contributed by atoms with van der Waals surface area (Å²) in [4.78, 5) is 62.0. The molecule has 44 heavy (non-hydrogen) atoms. The predicted octanol–water partition coefficient (Wildman–Crippen LogP) is 1.30. The lowest BCUT2D eigenvalue weighted by molar-refractivity contribution is -0.374. The van der Waals surface area contributed by atoms with Gasteiger partial charge >= 0.3 is 29.8 Å². The van der Waals surface area contributed by atoms with Gasteiger partial charge in [0, 0.05) is 25.7 Å². The van der Waals surface area contributed by atoms with Crippen LogP contribution in [0.15, 0.2) is 42.5 Å². The second-order valence-electron chi connectivity index (χ2n) is 11.7. The van der Waals surface area contributed by atoms with Crippen molar-refractivity contribution in [3.8, 4) is 0 Å². The molecular formula is C30H38O14. The summed E-state index contributed by atoms with van der Waals surface area (Å²) in [6.45, 7) is 10.3. The number of esters is 2. The van der Waals surface area contributed by atoms with E-state index in [1.54, 1.807) is 20.8 Å². The van der Waals surface area contributed by atoms with Gasteiger partial charge in [-0.2, -0.15) is 0 Å². The molecule has 2 saturated heterocycles. The van der Waals surface area contributed by atoms with Gasteiger partial charge < -0.3 is 44.5 Å². The quantitative estimate of drug-likeness (QED) is 0.146. The van der Waals surface area contributed by atoms with Crippen LogP contribution in [-0.2, 0) is 49.3 Å². The van der Waals surface area contributed by atoms with Gasteiger partial charge in [0.15, 0.2) is 6.10 Å². The first-order valence-corrected chi connectivity index (χ1v) is 14.0. The van der Waals surface area contributed by atoms with Crippen molar-refractivity contribution in [1.82, 2.24) is 0 Å². The number of carboxylic acids is 3. The van der Waals surface area contributed by atoms with Gasteiger partial charge in [0.05, 0.1) is 0 Å². The van der Waals surface area contributed by atoms with E-state index in [0.717, 1.165) is 5.56 Å². The minimum atomic E-state index is -3.87. The Hall–Kier alpha value is -3.85. The van der Waals surface area contributed by atoms with Gasteiger partial charge in [-0.15, -0.1) is 0 Å². The Kier molecular flexibility index (Phi) is 10.3. The third-order valence-electron chi connectivity index (χ3n) is 7.84. The zero-order valence-electron chi connectivity index (χ0n) is 24.8. The highest BCUT2D eigenvalue weighted by molar-refractivity contribution is 5.98. The van der Waals surface area contributed by atoms with E-state index in [-0.39, 0.29) is 30.3 Å². The highest BCUT2D eigenvalue weighted by Gasteiger charge is 2.85. The molecule has 0 aromatic heterocycles. The molecule has 1 aromatic carbocycles. The fourth-order valence-electron chi connectivity index (χ4n) is 5.82. The smallest absolute Gasteiger partial charge is 0.344 e. The molecule has 2 heterocycles. The average molecular weight is 623 g/mol. The summed E-state index contributed by atoms with van der Waals surface area (Å²) in [6, 6.07) is 9.28. The van der Waals surface area contributed by atoms with Gasteiger partial charge in [0.1, 0.15) is 12.2 Å². The predicted molar refractivity (Wildman–Crippen MR) is 148 cm³/mol. The van der Waals surface area contributed by atoms with Crippen LogP contribution in [0.4, 0.5) is 0 Å². The number of carbonyl (C=O) groups is 5. The second-order valence-corrected chi connectivity index (χ2v) is 11.7. The third kappa shape index (κ3) is 6.20. The van der Waals surface area contributed by atoms with E-state index in [1.165, 1.54) is 6.92 Å². The summed E-state index contributed by atoms with van der Waals surface area (Å²) in [5, 5.41) is 52.8. The molecule has 0 saturated carbocycles. The number of fused-ring (bicyclic) bond motifs is 2. The Balaban J connectivity index is 2.03. The van der Waals surface area contributed by atoms with E-state index in [2.05, 4.69) is 6.58 Å². The molecule has 1 aromatic rings. The molecule has 0 amide bonds. The van der Waals surface area contributed by atoms with E-state index in [4.69, 9.17) is 18.9 Å². The first kappa shape index (κ1) is 34.6. The highest BCUT2D eigenvalue weighted by Crippen LogP contribution is 2.56. The Labute approximate surface area is 253 Å². The molecule has 2 fully saturated rings. The molecule has 2 aliphatic heterocycles. The molecule has 5 N–H and O–H groups in total. The number of aliphatic hydroxyl groups excluding tert-OH is 1. The molecule has 8 atom stereocenters. The van der Waals surface area contributed by atoms with Gasteiger partial charge in [-0.05, 0) is 29.9 Å². The van der Waals surface area contributed by atoms with Crippen molar-refractivity contribution in [2.45, 2.75) is 94.8 Å². The lowest BCUT2D eigenvalue weighted by atomic mass is 9.74. The number of hydrogen-bond donors (Lipinski definition) is 5. The molecule has 2 aliphatic rings. The first-order chi connectivity index (χ1) is 20.4. The van der Waals surface area contributed by atoms with E-state index in [0.29, 0.717) is 6.42 Å². The van der Waals surface area contributed by atoms with Crippen molar-refractivity contribution in [3.05, 3.63) is 48.0 Å². The van der Waals surface area contributed by atoms with Crippen molar-refractivity contribution in [1.29, 1.82) is 0 Å². The van der Waals surface area contributed by atoms with Crippen molar-refractivity contribution in [3.63, 3.8) is 0 Å². The molecule has 2 bridgehead atoms. The molecule has 2 unspecified atom stereocenters. The molecular weight excluding hydrogens is 584 g/mol. The number of ether oxygens (including phenoxy) is 4. The third-order valence-corrected chi connectivity index (χ3v) is 7.84. The summed E-state index contributed by atoms with van der Waals surface area (Å²) < 4.78 is 21.8. The fraction of sp³-hybridized carbons (Fsp3) is 0.567. The Morgan fingerprint density at radius 2 is 1.64 bits per heavy atom. The number of hydrogen-bond acceptors (Lipinski definition) is 11. The minimum absolute atomic E-state index is 0.228. The number of aliphatic hydroxyl groups is 2. The maximum atomic E-state index is 12.8. The zero-order valence-corrected chi connectivity index (χ0v) is 24.8. The van der Waals surface area contributed by atoms with E-state index in [9.17, 15) is 49.5 Å². The number of carbonyl (C=O) groups excluding carboxylic acids is 2. The maximum Gasteiger partial charge on any atom is 0.344 e. The van der Waals surface area contributed by atoms with Crippen LogP contribution in [0, 0.1) is 11.8 Å². The monoisotopic (exact) mass is 622 g/mol. The zero-order chi connectivity index (χ0) is 33.2. The van der Waals surface area contributed by atoms with Crippen LogP contribution in [0.25, 0.3) is 0 Å². The molecule has 3 rings (SSSR count). The topological polar surface area (TPSA) is 223 Å². The summed E-state index contributed by atoms with van der Waals surface area (Å²) in [6.07, 6.45) is -9.01. The first-order valence-electron chi connectivity index (χ1n) is 14.0. The molecule has 242 valence electrons. The van der Waals surface area contributed by atoms with Gasteiger partial charge in [-0.1, -0.05) is 57.7 Å². The summed E-state index contributed by atoms with van der Waals surface area (Å²) >= 11 is 0. The van der Waals surface area contributed by atoms with E-state index >= 15 is 0 Å². The van der Waals surface area contributed by atoms with Crippen molar-refractivity contribution in [2.24, 2.45) is 11.8 Å².